The molecule has 3 fully saturated rings. The van der Waals surface area contributed by atoms with Crippen LogP contribution in [0, 0.1) is 18.3 Å². The van der Waals surface area contributed by atoms with E-state index in [1.165, 1.54) is 41.9 Å². The Bertz CT molecular complexity index is 659. The molecule has 5 heteroatoms. The molecule has 0 unspecified atom stereocenters. The summed E-state index contributed by atoms with van der Waals surface area (Å²) in [5.41, 5.74) is 3.39. The minimum atomic E-state index is -0.190. The first-order valence-electron chi connectivity index (χ1n) is 10.1. The van der Waals surface area contributed by atoms with Gasteiger partial charge < -0.3 is 10.6 Å². The average Bonchev–Trinajstić information content (AvgIpc) is 3.11. The summed E-state index contributed by atoms with van der Waals surface area (Å²) in [7, 11) is 0. The van der Waals surface area contributed by atoms with Crippen molar-refractivity contribution < 1.29 is 4.79 Å². The molecule has 1 saturated carbocycles. The molecule has 1 amide bonds. The number of nitrogens with one attached hydrogen (secondary N) is 2. The Morgan fingerprint density at radius 3 is 3.04 bits per heavy atom. The van der Waals surface area contributed by atoms with Crippen LogP contribution in [0.1, 0.15) is 36.8 Å². The first-order chi connectivity index (χ1) is 12.7. The van der Waals surface area contributed by atoms with E-state index in [-0.39, 0.29) is 11.3 Å². The van der Waals surface area contributed by atoms with E-state index in [0.717, 1.165) is 44.8 Å². The molecule has 1 aromatic rings. The zero-order chi connectivity index (χ0) is 18.0. The number of rotatable bonds is 4. The van der Waals surface area contributed by atoms with Gasteiger partial charge in [0, 0.05) is 43.4 Å². The summed E-state index contributed by atoms with van der Waals surface area (Å²) < 4.78 is 0. The Morgan fingerprint density at radius 2 is 2.19 bits per heavy atom. The molecule has 1 aromatic carbocycles. The SMILES string of the molecule is Cc1c(CN2CCSCC2)cccc1NC(=O)[C@@]12CCCC[C@H]1CNC2. The summed E-state index contributed by atoms with van der Waals surface area (Å²) in [6.45, 7) is 7.32. The third kappa shape index (κ3) is 3.54. The van der Waals surface area contributed by atoms with Gasteiger partial charge in [0.25, 0.3) is 0 Å². The Hall–Kier alpha value is -1.04. The largest absolute Gasteiger partial charge is 0.325 e. The van der Waals surface area contributed by atoms with Gasteiger partial charge in [-0.15, -0.1) is 0 Å². The van der Waals surface area contributed by atoms with E-state index in [1.54, 1.807) is 0 Å². The fraction of sp³-hybridized carbons (Fsp3) is 0.667. The number of nitrogens with zero attached hydrogens (tertiary/aromatic N) is 1. The van der Waals surface area contributed by atoms with Gasteiger partial charge in [-0.3, -0.25) is 9.69 Å². The summed E-state index contributed by atoms with van der Waals surface area (Å²) in [4.78, 5) is 15.8. The molecule has 0 aromatic heterocycles. The highest BCUT2D eigenvalue weighted by molar-refractivity contribution is 7.99. The van der Waals surface area contributed by atoms with Crippen molar-refractivity contribution in [3.05, 3.63) is 29.3 Å². The summed E-state index contributed by atoms with van der Waals surface area (Å²) in [5, 5.41) is 6.80. The third-order valence-electron chi connectivity index (χ3n) is 6.68. The number of hydrogen-bond donors (Lipinski definition) is 2. The van der Waals surface area contributed by atoms with Crippen LogP contribution in [0.25, 0.3) is 0 Å². The van der Waals surface area contributed by atoms with Gasteiger partial charge in [0.05, 0.1) is 5.41 Å². The molecule has 2 atom stereocenters. The molecule has 0 radical (unpaired) electrons. The van der Waals surface area contributed by atoms with Crippen LogP contribution in [0.5, 0.6) is 0 Å². The summed E-state index contributed by atoms with van der Waals surface area (Å²) >= 11 is 2.04. The zero-order valence-corrected chi connectivity index (χ0v) is 16.7. The average molecular weight is 374 g/mol. The van der Waals surface area contributed by atoms with Gasteiger partial charge in [-0.05, 0) is 49.4 Å². The van der Waals surface area contributed by atoms with E-state index in [4.69, 9.17) is 0 Å². The lowest BCUT2D eigenvalue weighted by molar-refractivity contribution is -0.128. The first kappa shape index (κ1) is 18.3. The summed E-state index contributed by atoms with van der Waals surface area (Å²) in [6.07, 6.45) is 4.66. The Balaban J connectivity index is 1.49. The van der Waals surface area contributed by atoms with Crippen LogP contribution in [0.15, 0.2) is 18.2 Å². The van der Waals surface area contributed by atoms with E-state index >= 15 is 0 Å². The lowest BCUT2D eigenvalue weighted by Gasteiger charge is -2.37. The lowest BCUT2D eigenvalue weighted by Crippen LogP contribution is -2.44. The van der Waals surface area contributed by atoms with E-state index < -0.39 is 0 Å². The monoisotopic (exact) mass is 373 g/mol. The molecule has 2 aliphatic heterocycles. The molecule has 4 rings (SSSR count). The molecule has 0 bridgehead atoms. The van der Waals surface area contributed by atoms with Crippen LogP contribution in [0.2, 0.25) is 0 Å². The highest BCUT2D eigenvalue weighted by atomic mass is 32.2. The van der Waals surface area contributed by atoms with Crippen molar-refractivity contribution >= 4 is 23.4 Å². The number of carbonyl (C=O) groups excluding carboxylic acids is 1. The Labute approximate surface area is 161 Å². The fourth-order valence-electron chi connectivity index (χ4n) is 4.93. The van der Waals surface area contributed by atoms with E-state index in [1.807, 2.05) is 11.8 Å². The topological polar surface area (TPSA) is 44.4 Å². The van der Waals surface area contributed by atoms with Crippen molar-refractivity contribution in [2.75, 3.05) is 43.0 Å². The molecule has 3 aliphatic rings. The second-order valence-corrected chi connectivity index (χ2v) is 9.39. The highest BCUT2D eigenvalue weighted by Crippen LogP contribution is 2.44. The standard InChI is InChI=1S/C21H31N3OS/c1-16-17(14-24-9-11-26-12-10-24)5-4-7-19(16)23-20(25)21-8-3-2-6-18(21)13-22-15-21/h4-5,7,18,22H,2-3,6,8-15H2,1H3,(H,23,25)/t18-,21+/m0/s1. The van der Waals surface area contributed by atoms with Crippen LogP contribution in [-0.2, 0) is 11.3 Å². The molecule has 2 saturated heterocycles. The number of thioether (sulfide) groups is 1. The first-order valence-corrected chi connectivity index (χ1v) is 11.3. The van der Waals surface area contributed by atoms with Crippen molar-refractivity contribution in [3.8, 4) is 0 Å². The van der Waals surface area contributed by atoms with Crippen molar-refractivity contribution in [1.29, 1.82) is 0 Å². The molecular weight excluding hydrogens is 342 g/mol. The van der Waals surface area contributed by atoms with Gasteiger partial charge in [-0.25, -0.2) is 0 Å². The van der Waals surface area contributed by atoms with E-state index in [2.05, 4.69) is 40.7 Å². The molecule has 1 aliphatic carbocycles. The van der Waals surface area contributed by atoms with Crippen LogP contribution in [-0.4, -0.2) is 48.5 Å². The van der Waals surface area contributed by atoms with E-state index in [9.17, 15) is 4.79 Å². The van der Waals surface area contributed by atoms with Gasteiger partial charge in [0.1, 0.15) is 0 Å². The van der Waals surface area contributed by atoms with E-state index in [0.29, 0.717) is 5.92 Å². The number of hydrogen-bond acceptors (Lipinski definition) is 4. The smallest absolute Gasteiger partial charge is 0.232 e. The second kappa shape index (κ2) is 7.91. The molecule has 142 valence electrons. The van der Waals surface area contributed by atoms with Gasteiger partial charge in [0.15, 0.2) is 0 Å². The number of benzene rings is 1. The second-order valence-electron chi connectivity index (χ2n) is 8.16. The quantitative estimate of drug-likeness (QED) is 0.850. The van der Waals surface area contributed by atoms with Crippen LogP contribution < -0.4 is 10.6 Å². The van der Waals surface area contributed by atoms with Crippen molar-refractivity contribution in [3.63, 3.8) is 0 Å². The summed E-state index contributed by atoms with van der Waals surface area (Å²) in [6, 6.07) is 6.38. The van der Waals surface area contributed by atoms with Gasteiger partial charge in [0.2, 0.25) is 5.91 Å². The maximum atomic E-state index is 13.3. The predicted molar refractivity (Wildman–Crippen MR) is 110 cm³/mol. The van der Waals surface area contributed by atoms with Crippen molar-refractivity contribution in [2.24, 2.45) is 11.3 Å². The van der Waals surface area contributed by atoms with Crippen molar-refractivity contribution in [2.45, 2.75) is 39.2 Å². The molecular formula is C21H31N3OS. The Kier molecular flexibility index (Phi) is 5.58. The minimum Gasteiger partial charge on any atom is -0.325 e. The maximum absolute atomic E-state index is 13.3. The number of anilines is 1. The third-order valence-corrected chi connectivity index (χ3v) is 7.62. The highest BCUT2D eigenvalue weighted by Gasteiger charge is 2.49. The number of fused-ring (bicyclic) bond motifs is 1. The molecule has 26 heavy (non-hydrogen) atoms. The fourth-order valence-corrected chi connectivity index (χ4v) is 5.91. The van der Waals surface area contributed by atoms with Crippen LogP contribution in [0.4, 0.5) is 5.69 Å². The molecule has 2 heterocycles. The Morgan fingerprint density at radius 1 is 1.35 bits per heavy atom. The maximum Gasteiger partial charge on any atom is 0.232 e. The summed E-state index contributed by atoms with van der Waals surface area (Å²) in [5.74, 6) is 3.20. The van der Waals surface area contributed by atoms with Gasteiger partial charge >= 0.3 is 0 Å². The molecule has 2 N–H and O–H groups in total. The van der Waals surface area contributed by atoms with Crippen molar-refractivity contribution in [1.82, 2.24) is 10.2 Å². The molecule has 0 spiro atoms. The number of amides is 1. The number of carbonyl (C=O) groups is 1. The molecule has 4 nitrogen and oxygen atoms in total. The van der Waals surface area contributed by atoms with Gasteiger partial charge in [-0.2, -0.15) is 11.8 Å². The minimum absolute atomic E-state index is 0.190. The van der Waals surface area contributed by atoms with Gasteiger partial charge in [-0.1, -0.05) is 25.0 Å². The van der Waals surface area contributed by atoms with Crippen LogP contribution >= 0.6 is 11.8 Å². The predicted octanol–water partition coefficient (Wildman–Crippen LogP) is 3.26. The zero-order valence-electron chi connectivity index (χ0n) is 15.9. The van der Waals surface area contributed by atoms with Crippen LogP contribution in [0.3, 0.4) is 0 Å². The lowest BCUT2D eigenvalue weighted by atomic mass is 9.67. The normalized spacial score (nSPS) is 29.3.